The van der Waals surface area contributed by atoms with Gasteiger partial charge in [0.2, 0.25) is 0 Å². The van der Waals surface area contributed by atoms with Crippen molar-refractivity contribution in [2.24, 2.45) is 11.3 Å². The molecule has 0 nitrogen and oxygen atoms in total. The van der Waals surface area contributed by atoms with Crippen molar-refractivity contribution in [2.45, 2.75) is 93.9 Å². The number of benzene rings is 4. The Labute approximate surface area is 325 Å². The van der Waals surface area contributed by atoms with E-state index in [1.165, 1.54) is 87.9 Å². The molecule has 0 heterocycles. The number of rotatable bonds is 2. The Morgan fingerprint density at radius 1 is 0.592 bits per heavy atom. The molecule has 0 saturated carbocycles. The van der Waals surface area contributed by atoms with Gasteiger partial charge in [-0.1, -0.05) is 116 Å². The second kappa shape index (κ2) is 17.2. The molecule has 1 aliphatic rings. The summed E-state index contributed by atoms with van der Waals surface area (Å²) in [6.07, 6.45) is 7.65. The fraction of sp³-hybridized carbons (Fsp3) is 0.348. The zero-order chi connectivity index (χ0) is 34.7. The molecule has 3 heteroatoms. The third-order valence-electron chi connectivity index (χ3n) is 8.92. The van der Waals surface area contributed by atoms with Crippen LogP contribution in [0.25, 0.3) is 21.5 Å². The van der Waals surface area contributed by atoms with Gasteiger partial charge in [0.1, 0.15) is 0 Å². The second-order valence-corrected chi connectivity index (χ2v) is 17.6. The van der Waals surface area contributed by atoms with Crippen LogP contribution in [-0.2, 0) is 35.1 Å². The van der Waals surface area contributed by atoms with Crippen molar-refractivity contribution in [2.75, 3.05) is 0 Å². The number of allylic oxidation sites excluding steroid dienone is 4. The first-order valence-corrected chi connectivity index (χ1v) is 18.2. The van der Waals surface area contributed by atoms with Crippen molar-refractivity contribution < 1.29 is 49.0 Å². The quantitative estimate of drug-likeness (QED) is 0.176. The summed E-state index contributed by atoms with van der Waals surface area (Å²) in [5.41, 5.74) is 10.2. The molecular formula is C46H54Cl2Zr-2. The summed E-state index contributed by atoms with van der Waals surface area (Å²) in [5.74, 6) is 0.522. The molecule has 0 N–H and O–H groups in total. The van der Waals surface area contributed by atoms with Crippen molar-refractivity contribution in [1.29, 1.82) is 0 Å². The van der Waals surface area contributed by atoms with Crippen LogP contribution in [0.1, 0.15) is 103 Å². The molecule has 258 valence electrons. The van der Waals surface area contributed by atoms with Crippen LogP contribution in [0, 0.1) is 31.3 Å². The van der Waals surface area contributed by atoms with Crippen molar-refractivity contribution >= 4 is 24.8 Å². The van der Waals surface area contributed by atoms with Gasteiger partial charge in [0.25, 0.3) is 0 Å². The van der Waals surface area contributed by atoms with Gasteiger partial charge < -0.3 is 24.8 Å². The van der Waals surface area contributed by atoms with E-state index in [0.29, 0.717) is 11.3 Å². The zero-order valence-electron chi connectivity index (χ0n) is 31.6. The summed E-state index contributed by atoms with van der Waals surface area (Å²) >= 11 is 1.46. The van der Waals surface area contributed by atoms with Gasteiger partial charge in [-0.15, -0.1) is 39.7 Å². The maximum absolute atomic E-state index is 3.26. The largest absolute Gasteiger partial charge is 1.00 e. The molecule has 0 radical (unpaired) electrons. The number of hydrogen-bond acceptors (Lipinski definition) is 0. The normalized spacial score (nSPS) is 14.2. The molecule has 5 aromatic carbocycles. The maximum Gasteiger partial charge on any atom is -1.00 e. The summed E-state index contributed by atoms with van der Waals surface area (Å²) in [7, 11) is 0. The molecule has 0 amide bonds. The Hall–Kier alpha value is -2.44. The van der Waals surface area contributed by atoms with Crippen LogP contribution < -0.4 is 24.8 Å². The van der Waals surface area contributed by atoms with E-state index in [1.54, 1.807) is 0 Å². The molecule has 1 atom stereocenters. The van der Waals surface area contributed by atoms with Gasteiger partial charge in [-0.25, -0.2) is 6.08 Å². The average molecular weight is 769 g/mol. The van der Waals surface area contributed by atoms with Crippen LogP contribution in [0.3, 0.4) is 0 Å². The smallest absolute Gasteiger partial charge is 1.00 e. The molecule has 49 heavy (non-hydrogen) atoms. The van der Waals surface area contributed by atoms with E-state index in [1.807, 2.05) is 0 Å². The SMILES string of the molecule is CC(C)(C)c1ccc2[cH-]c3ccc(C(C)(C)C)cc3c2c1.CC1[C-]=CC(C(C)(C)C)=C1.Cc1ccc([C](=[Zr+2])c2ccc(C)cc2)cc1.[Cl-].[Cl-]. The van der Waals surface area contributed by atoms with Crippen LogP contribution in [0.2, 0.25) is 0 Å². The molecule has 5 aromatic rings. The van der Waals surface area contributed by atoms with Crippen LogP contribution in [-0.4, -0.2) is 3.21 Å². The van der Waals surface area contributed by atoms with Crippen molar-refractivity contribution in [3.63, 3.8) is 0 Å². The van der Waals surface area contributed by atoms with Gasteiger partial charge >= 0.3 is 112 Å². The zero-order valence-corrected chi connectivity index (χ0v) is 35.6. The Kier molecular flexibility index (Phi) is 15.0. The Morgan fingerprint density at radius 2 is 0.980 bits per heavy atom. The topological polar surface area (TPSA) is 0 Å². The molecule has 1 unspecified atom stereocenters. The van der Waals surface area contributed by atoms with Crippen LogP contribution >= 0.6 is 0 Å². The molecule has 0 spiro atoms. The fourth-order valence-corrected chi connectivity index (χ4v) is 6.41. The van der Waals surface area contributed by atoms with Crippen molar-refractivity contribution in [3.05, 3.63) is 148 Å². The first-order valence-electron chi connectivity index (χ1n) is 17.0. The van der Waals surface area contributed by atoms with Crippen molar-refractivity contribution in [1.82, 2.24) is 0 Å². The second-order valence-electron chi connectivity index (χ2n) is 16.3. The Morgan fingerprint density at radius 3 is 1.27 bits per heavy atom. The van der Waals surface area contributed by atoms with E-state index >= 15 is 0 Å². The van der Waals surface area contributed by atoms with E-state index in [0.717, 1.165) is 0 Å². The minimum Gasteiger partial charge on any atom is -1.00 e. The maximum atomic E-state index is 3.26. The first-order chi connectivity index (χ1) is 21.8. The standard InChI is InChI=1S/C21H25.C15H14.C10H15.2ClH.Zr/c1-20(2,3)16-9-7-14-11-15-8-10-17(21(4,5)6)13-19(15)18(14)12-16;1-12-3-7-14(8-4-12)11-15-9-5-13(2)6-10-15;1-8-5-6-9(7-8)10(2,3)4;;;/h7-13H,1-6H3;3-10H,1-2H3;6-8H,1-4H3;2*1H;/q-1;;-1;;;+2/p-2. The van der Waals surface area contributed by atoms with E-state index in [-0.39, 0.29) is 35.6 Å². The molecule has 0 saturated heterocycles. The van der Waals surface area contributed by atoms with Gasteiger partial charge in [-0.2, -0.15) is 11.6 Å². The monoisotopic (exact) mass is 766 g/mol. The summed E-state index contributed by atoms with van der Waals surface area (Å²) in [6, 6.07) is 33.7. The molecule has 1 aliphatic carbocycles. The third-order valence-corrected chi connectivity index (χ3v) is 10.3. The van der Waals surface area contributed by atoms with E-state index < -0.39 is 0 Å². The van der Waals surface area contributed by atoms with Gasteiger partial charge in [0, 0.05) is 0 Å². The van der Waals surface area contributed by atoms with E-state index in [2.05, 4.69) is 192 Å². The molecule has 0 aliphatic heterocycles. The van der Waals surface area contributed by atoms with Crippen molar-refractivity contribution in [3.8, 4) is 0 Å². The van der Waals surface area contributed by atoms with Gasteiger partial charge in [0.15, 0.2) is 0 Å². The predicted octanol–water partition coefficient (Wildman–Crippen LogP) is 6.70. The summed E-state index contributed by atoms with van der Waals surface area (Å²) in [6.45, 7) is 26.8. The number of aryl methyl sites for hydroxylation is 2. The molecule has 6 rings (SSSR count). The molecule has 0 fully saturated rings. The summed E-state index contributed by atoms with van der Waals surface area (Å²) in [5, 5.41) is 5.49. The molecule has 0 bridgehead atoms. The van der Waals surface area contributed by atoms with Crippen LogP contribution in [0.5, 0.6) is 0 Å². The van der Waals surface area contributed by atoms with Gasteiger partial charge in [0.05, 0.1) is 0 Å². The fourth-order valence-electron chi connectivity index (χ4n) is 5.59. The number of hydrogen-bond donors (Lipinski definition) is 0. The summed E-state index contributed by atoms with van der Waals surface area (Å²) < 4.78 is 1.42. The first kappa shape index (κ1) is 42.7. The van der Waals surface area contributed by atoms with Crippen LogP contribution in [0.4, 0.5) is 0 Å². The predicted molar refractivity (Wildman–Crippen MR) is 205 cm³/mol. The summed E-state index contributed by atoms with van der Waals surface area (Å²) in [4.78, 5) is 0. The third kappa shape index (κ3) is 11.5. The number of fused-ring (bicyclic) bond motifs is 3. The van der Waals surface area contributed by atoms with Crippen LogP contribution in [0.15, 0.2) is 109 Å². The molecular weight excluding hydrogens is 715 g/mol. The van der Waals surface area contributed by atoms with Gasteiger partial charge in [-0.05, 0) is 10.8 Å². The average Bonchev–Trinajstić information content (AvgIpc) is 3.60. The van der Waals surface area contributed by atoms with E-state index in [4.69, 9.17) is 0 Å². The van der Waals surface area contributed by atoms with E-state index in [9.17, 15) is 0 Å². The molecule has 0 aromatic heterocycles. The van der Waals surface area contributed by atoms with Gasteiger partial charge in [-0.3, -0.25) is 6.08 Å². The Bertz CT molecular complexity index is 1780. The Balaban J connectivity index is 0.000000265. The minimum absolute atomic E-state index is 0. The number of halogens is 2. The minimum atomic E-state index is 0.